The first-order valence-electron chi connectivity index (χ1n) is 10.0. The normalized spacial score (nSPS) is 11.3. The molecule has 0 radical (unpaired) electrons. The summed E-state index contributed by atoms with van der Waals surface area (Å²) in [4.78, 5) is 3.27. The van der Waals surface area contributed by atoms with Crippen molar-refractivity contribution in [2.45, 2.75) is 10.6 Å². The molecule has 4 rings (SSSR count). The Kier molecular flexibility index (Phi) is 6.80. The summed E-state index contributed by atoms with van der Waals surface area (Å²) in [5.41, 5.74) is 3.26. The molecule has 0 aliphatic heterocycles. The van der Waals surface area contributed by atoms with Crippen molar-refractivity contribution in [3.05, 3.63) is 131 Å². The minimum absolute atomic E-state index is 0.423. The lowest BCUT2D eigenvalue weighted by atomic mass is 9.77. The van der Waals surface area contributed by atoms with Crippen LogP contribution in [0.4, 0.5) is 0 Å². The predicted octanol–water partition coefficient (Wildman–Crippen LogP) is 6.42. The second-order valence-corrected chi connectivity index (χ2v) is 8.62. The van der Waals surface area contributed by atoms with E-state index in [4.69, 9.17) is 12.2 Å². The number of hydrogen-bond donors (Lipinski definition) is 2. The summed E-state index contributed by atoms with van der Waals surface area (Å²) in [6.45, 7) is 0.832. The number of benzene rings is 3. The highest BCUT2D eigenvalue weighted by atomic mass is 32.2. The summed E-state index contributed by atoms with van der Waals surface area (Å²) in [5, 5.41) is 5.00. The van der Waals surface area contributed by atoms with Crippen molar-refractivity contribution in [2.24, 2.45) is 0 Å². The van der Waals surface area contributed by atoms with Gasteiger partial charge in [0.25, 0.3) is 0 Å². The average Bonchev–Trinajstić information content (AvgIpc) is 2.81. The van der Waals surface area contributed by atoms with Crippen LogP contribution in [0.15, 0.2) is 114 Å². The van der Waals surface area contributed by atoms with Gasteiger partial charge in [0, 0.05) is 23.0 Å². The van der Waals surface area contributed by atoms with Crippen LogP contribution in [0, 0.1) is 4.51 Å². The summed E-state index contributed by atoms with van der Waals surface area (Å²) in [6, 6.07) is 36.0. The number of nitrogens with one attached hydrogen (secondary N) is 2. The van der Waals surface area contributed by atoms with Crippen molar-refractivity contribution in [3.63, 3.8) is 0 Å². The third-order valence-corrected chi connectivity index (χ3v) is 6.33. The Morgan fingerprint density at radius 1 is 0.733 bits per heavy atom. The van der Waals surface area contributed by atoms with Gasteiger partial charge in [-0.05, 0) is 28.8 Å². The van der Waals surface area contributed by atoms with Gasteiger partial charge in [0.1, 0.15) is 0 Å². The quantitative estimate of drug-likeness (QED) is 0.147. The van der Waals surface area contributed by atoms with Crippen LogP contribution in [-0.2, 0) is 5.54 Å². The minimum atomic E-state index is -0.423. The fraction of sp³-hybridized carbons (Fsp3) is 0.115. The second-order valence-electron chi connectivity index (χ2n) is 7.01. The summed E-state index contributed by atoms with van der Waals surface area (Å²) in [6.07, 6.45) is 1.90. The molecule has 0 aliphatic rings. The van der Waals surface area contributed by atoms with Gasteiger partial charge in [-0.2, -0.15) is 0 Å². The molecule has 0 saturated heterocycles. The second kappa shape index (κ2) is 9.90. The van der Waals surface area contributed by atoms with Gasteiger partial charge in [-0.25, -0.2) is 0 Å². The van der Waals surface area contributed by atoms with Crippen molar-refractivity contribution in [1.82, 2.24) is 10.3 Å². The zero-order valence-electron chi connectivity index (χ0n) is 16.6. The van der Waals surface area contributed by atoms with E-state index in [-0.39, 0.29) is 0 Å². The van der Waals surface area contributed by atoms with Gasteiger partial charge in [-0.15, -0.1) is 11.8 Å². The number of aromatic amines is 1. The van der Waals surface area contributed by atoms with E-state index in [1.807, 2.05) is 18.3 Å². The number of H-pyrrole nitrogens is 1. The smallest absolute Gasteiger partial charge is 0.0948 e. The fourth-order valence-electron chi connectivity index (χ4n) is 3.78. The molecule has 1 aromatic heterocycles. The van der Waals surface area contributed by atoms with E-state index in [9.17, 15) is 0 Å². The first-order valence-corrected chi connectivity index (χ1v) is 11.4. The molecule has 150 valence electrons. The largest absolute Gasteiger partial charge is 0.356 e. The predicted molar refractivity (Wildman–Crippen MR) is 130 cm³/mol. The van der Waals surface area contributed by atoms with Gasteiger partial charge >= 0.3 is 0 Å². The van der Waals surface area contributed by atoms with Crippen molar-refractivity contribution < 1.29 is 0 Å². The van der Waals surface area contributed by atoms with Crippen molar-refractivity contribution >= 4 is 24.0 Å². The van der Waals surface area contributed by atoms with Crippen molar-refractivity contribution in [3.8, 4) is 0 Å². The minimum Gasteiger partial charge on any atom is -0.356 e. The Morgan fingerprint density at radius 2 is 1.23 bits per heavy atom. The number of thioether (sulfide) groups is 1. The lowest BCUT2D eigenvalue weighted by Crippen LogP contribution is -2.45. The van der Waals surface area contributed by atoms with E-state index < -0.39 is 5.54 Å². The van der Waals surface area contributed by atoms with Gasteiger partial charge < -0.3 is 4.98 Å². The topological polar surface area (TPSA) is 27.8 Å². The van der Waals surface area contributed by atoms with Crippen LogP contribution >= 0.6 is 24.0 Å². The zero-order valence-corrected chi connectivity index (χ0v) is 18.3. The molecule has 3 aromatic carbocycles. The molecule has 0 aliphatic carbocycles. The summed E-state index contributed by atoms with van der Waals surface area (Å²) < 4.78 is 0.858. The first-order chi connectivity index (χ1) is 14.8. The Bertz CT molecular complexity index is 1010. The molecule has 0 saturated carbocycles. The fourth-order valence-corrected chi connectivity index (χ4v) is 4.82. The molecule has 4 aromatic rings. The molecule has 0 spiro atoms. The Morgan fingerprint density at radius 3 is 1.70 bits per heavy atom. The molecule has 30 heavy (non-hydrogen) atoms. The molecule has 0 bridgehead atoms. The van der Waals surface area contributed by atoms with E-state index in [0.717, 1.165) is 21.8 Å². The van der Waals surface area contributed by atoms with Gasteiger partial charge in [0.2, 0.25) is 0 Å². The van der Waals surface area contributed by atoms with Crippen LogP contribution in [-0.4, -0.2) is 17.3 Å². The highest BCUT2D eigenvalue weighted by Crippen LogP contribution is 2.36. The SMILES string of the molecule is S=c1cc[nH]c(SCCNC(c2ccccc2)(c2ccccc2)c2ccccc2)c1. The standard InChI is InChI=1S/C26H24N2S2/c29-24-16-17-27-25(20-24)30-19-18-28-26(21-10-4-1-5-11-21,22-12-6-2-7-13-22)23-14-8-3-9-15-23/h1-17,20,28H,18-19H2,(H,27,29). The van der Waals surface area contributed by atoms with Crippen LogP contribution in [0.2, 0.25) is 0 Å². The van der Waals surface area contributed by atoms with Crippen LogP contribution in [0.3, 0.4) is 0 Å². The van der Waals surface area contributed by atoms with Crippen molar-refractivity contribution in [2.75, 3.05) is 12.3 Å². The molecule has 0 fully saturated rings. The van der Waals surface area contributed by atoms with Crippen LogP contribution in [0.5, 0.6) is 0 Å². The summed E-state index contributed by atoms with van der Waals surface area (Å²) >= 11 is 7.06. The number of hydrogen-bond acceptors (Lipinski definition) is 3. The zero-order chi connectivity index (χ0) is 20.7. The average molecular weight is 429 g/mol. The van der Waals surface area contributed by atoms with Crippen LogP contribution in [0.1, 0.15) is 16.7 Å². The molecule has 4 heteroatoms. The third kappa shape index (κ3) is 4.57. The number of aromatic nitrogens is 1. The highest BCUT2D eigenvalue weighted by molar-refractivity contribution is 7.99. The lowest BCUT2D eigenvalue weighted by molar-refractivity contribution is 0.490. The maximum absolute atomic E-state index is 5.28. The molecule has 1 heterocycles. The molecule has 0 amide bonds. The van der Waals surface area contributed by atoms with Crippen LogP contribution in [0.25, 0.3) is 0 Å². The van der Waals surface area contributed by atoms with Crippen LogP contribution < -0.4 is 5.32 Å². The third-order valence-electron chi connectivity index (χ3n) is 5.12. The first kappa shape index (κ1) is 20.6. The monoisotopic (exact) mass is 428 g/mol. The lowest BCUT2D eigenvalue weighted by Gasteiger charge is -2.37. The molecule has 0 unspecified atom stereocenters. The molecular formula is C26H24N2S2. The van der Waals surface area contributed by atoms with Crippen molar-refractivity contribution in [1.29, 1.82) is 0 Å². The molecular weight excluding hydrogens is 404 g/mol. The van der Waals surface area contributed by atoms with E-state index in [1.54, 1.807) is 11.8 Å². The van der Waals surface area contributed by atoms with Gasteiger partial charge in [-0.1, -0.05) is 103 Å². The Labute approximate surface area is 187 Å². The van der Waals surface area contributed by atoms with E-state index >= 15 is 0 Å². The maximum atomic E-state index is 5.28. The molecule has 0 atom stereocenters. The van der Waals surface area contributed by atoms with Gasteiger partial charge in [0.05, 0.1) is 10.6 Å². The maximum Gasteiger partial charge on any atom is 0.0948 e. The summed E-state index contributed by atoms with van der Waals surface area (Å²) in [7, 11) is 0. The molecule has 2 nitrogen and oxygen atoms in total. The van der Waals surface area contributed by atoms with Gasteiger partial charge in [-0.3, -0.25) is 5.32 Å². The number of pyridine rings is 1. The number of rotatable bonds is 8. The van der Waals surface area contributed by atoms with E-state index in [1.165, 1.54) is 16.7 Å². The van der Waals surface area contributed by atoms with E-state index in [0.29, 0.717) is 0 Å². The summed E-state index contributed by atoms with van der Waals surface area (Å²) in [5.74, 6) is 0.920. The van der Waals surface area contributed by atoms with Gasteiger partial charge in [0.15, 0.2) is 0 Å². The van der Waals surface area contributed by atoms with E-state index in [2.05, 4.69) is 101 Å². The highest BCUT2D eigenvalue weighted by Gasteiger charge is 2.35. The Balaban J connectivity index is 1.68. The molecule has 2 N–H and O–H groups in total. The Hall–Kier alpha value is -2.66.